The van der Waals surface area contributed by atoms with Gasteiger partial charge in [0.2, 0.25) is 0 Å². The molecule has 0 aliphatic rings. The Balaban J connectivity index is 1.93. The van der Waals surface area contributed by atoms with Crippen LogP contribution in [0.25, 0.3) is 10.9 Å². The molecule has 0 spiro atoms. The number of para-hydroxylation sites is 1. The molecule has 0 aliphatic heterocycles. The minimum atomic E-state index is 0.00991. The third-order valence-corrected chi connectivity index (χ3v) is 3.86. The zero-order chi connectivity index (χ0) is 14.7. The van der Waals surface area contributed by atoms with Gasteiger partial charge in [-0.1, -0.05) is 48.5 Å². The van der Waals surface area contributed by atoms with Crippen molar-refractivity contribution in [3.63, 3.8) is 0 Å². The van der Waals surface area contributed by atoms with E-state index in [1.807, 2.05) is 24.3 Å². The number of nitrogens with one attached hydrogen (secondary N) is 1. The molecule has 1 atom stereocenters. The quantitative estimate of drug-likeness (QED) is 0.568. The normalized spacial score (nSPS) is 12.5. The summed E-state index contributed by atoms with van der Waals surface area (Å²) in [6.45, 7) is 2.12. The molecule has 21 heavy (non-hydrogen) atoms. The first kappa shape index (κ1) is 13.7. The highest BCUT2D eigenvalue weighted by molar-refractivity contribution is 5.78. The topological polar surface area (TPSA) is 50.9 Å². The highest BCUT2D eigenvalue weighted by atomic mass is 15.2. The van der Waals surface area contributed by atoms with Crippen LogP contribution in [0.4, 0.5) is 0 Å². The van der Waals surface area contributed by atoms with Gasteiger partial charge in [-0.05, 0) is 36.6 Å². The van der Waals surface area contributed by atoms with Crippen molar-refractivity contribution in [3.05, 3.63) is 77.5 Å². The summed E-state index contributed by atoms with van der Waals surface area (Å²) in [5.74, 6) is 5.76. The van der Waals surface area contributed by atoms with Gasteiger partial charge in [0.15, 0.2) is 0 Å². The fourth-order valence-electron chi connectivity index (χ4n) is 2.58. The molecule has 0 bridgehead atoms. The maximum atomic E-state index is 5.76. The van der Waals surface area contributed by atoms with Crippen LogP contribution in [0.15, 0.2) is 60.7 Å². The fraction of sp³-hybridized carbons (Fsp3) is 0.167. The molecule has 1 aromatic heterocycles. The molecule has 3 heteroatoms. The number of rotatable bonds is 4. The Bertz CT molecular complexity index is 752. The van der Waals surface area contributed by atoms with Crippen LogP contribution in [-0.4, -0.2) is 4.98 Å². The molecule has 3 rings (SSSR count). The van der Waals surface area contributed by atoms with E-state index in [9.17, 15) is 0 Å². The molecule has 0 fully saturated rings. The first-order valence-corrected chi connectivity index (χ1v) is 7.14. The molecule has 3 N–H and O–H groups in total. The number of pyridine rings is 1. The Kier molecular flexibility index (Phi) is 3.95. The molecule has 3 nitrogen and oxygen atoms in total. The molecule has 106 valence electrons. The lowest BCUT2D eigenvalue weighted by Gasteiger charge is -2.17. The number of hydrogen-bond donors (Lipinski definition) is 2. The van der Waals surface area contributed by atoms with Crippen molar-refractivity contribution in [1.82, 2.24) is 10.4 Å². The zero-order valence-corrected chi connectivity index (χ0v) is 12.1. The lowest BCUT2D eigenvalue weighted by atomic mass is 9.99. The summed E-state index contributed by atoms with van der Waals surface area (Å²) in [5.41, 5.74) is 7.43. The van der Waals surface area contributed by atoms with E-state index in [0.29, 0.717) is 0 Å². The van der Waals surface area contributed by atoms with Crippen molar-refractivity contribution < 1.29 is 0 Å². The second kappa shape index (κ2) is 6.04. The minimum absolute atomic E-state index is 0.00991. The third-order valence-electron chi connectivity index (χ3n) is 3.86. The third kappa shape index (κ3) is 2.94. The van der Waals surface area contributed by atoms with Crippen LogP contribution < -0.4 is 11.3 Å². The Morgan fingerprint density at radius 2 is 1.76 bits per heavy atom. The highest BCUT2D eigenvalue weighted by Crippen LogP contribution is 2.21. The van der Waals surface area contributed by atoms with E-state index < -0.39 is 0 Å². The van der Waals surface area contributed by atoms with E-state index in [-0.39, 0.29) is 6.04 Å². The number of aromatic nitrogens is 1. The van der Waals surface area contributed by atoms with Crippen LogP contribution in [0.1, 0.15) is 22.9 Å². The molecular formula is C18H19N3. The Labute approximate surface area is 124 Å². The van der Waals surface area contributed by atoms with Gasteiger partial charge in [0, 0.05) is 5.39 Å². The predicted molar refractivity (Wildman–Crippen MR) is 86.7 cm³/mol. The van der Waals surface area contributed by atoms with E-state index in [1.165, 1.54) is 11.1 Å². The van der Waals surface area contributed by atoms with Crippen LogP contribution >= 0.6 is 0 Å². The first-order chi connectivity index (χ1) is 10.3. The summed E-state index contributed by atoms with van der Waals surface area (Å²) in [6, 6.07) is 20.7. The fourth-order valence-corrected chi connectivity index (χ4v) is 2.58. The number of nitrogens with zero attached hydrogens (tertiary/aromatic N) is 1. The Hall–Kier alpha value is -2.23. The van der Waals surface area contributed by atoms with Gasteiger partial charge >= 0.3 is 0 Å². The van der Waals surface area contributed by atoms with Gasteiger partial charge in [0.1, 0.15) is 0 Å². The molecule has 0 radical (unpaired) electrons. The van der Waals surface area contributed by atoms with Crippen molar-refractivity contribution >= 4 is 10.9 Å². The van der Waals surface area contributed by atoms with Crippen molar-refractivity contribution in [1.29, 1.82) is 0 Å². The molecule has 3 aromatic rings. The molecular weight excluding hydrogens is 258 g/mol. The van der Waals surface area contributed by atoms with Gasteiger partial charge in [-0.2, -0.15) is 0 Å². The smallest absolute Gasteiger partial charge is 0.0706 e. The Morgan fingerprint density at radius 1 is 1.00 bits per heavy atom. The summed E-state index contributed by atoms with van der Waals surface area (Å²) < 4.78 is 0. The van der Waals surface area contributed by atoms with Gasteiger partial charge in [0.25, 0.3) is 0 Å². The van der Waals surface area contributed by atoms with Crippen LogP contribution in [0.2, 0.25) is 0 Å². The maximum absolute atomic E-state index is 5.76. The second-order valence-corrected chi connectivity index (χ2v) is 5.28. The van der Waals surface area contributed by atoms with Crippen molar-refractivity contribution in [3.8, 4) is 0 Å². The van der Waals surface area contributed by atoms with Gasteiger partial charge in [0.05, 0.1) is 17.3 Å². The summed E-state index contributed by atoms with van der Waals surface area (Å²) in [7, 11) is 0. The summed E-state index contributed by atoms with van der Waals surface area (Å²) in [5, 5.41) is 1.15. The standard InChI is InChI=1S/C18H19N3/c1-13-6-2-3-8-15(13)12-18(21-19)17-11-10-14-7-4-5-9-16(14)20-17/h2-11,18,21H,12,19H2,1H3. The number of benzene rings is 2. The zero-order valence-electron chi connectivity index (χ0n) is 12.1. The van der Waals surface area contributed by atoms with E-state index in [1.54, 1.807) is 0 Å². The molecule has 1 heterocycles. The van der Waals surface area contributed by atoms with Crippen LogP contribution in [0.3, 0.4) is 0 Å². The van der Waals surface area contributed by atoms with Crippen LogP contribution in [-0.2, 0) is 6.42 Å². The number of hydrogen-bond acceptors (Lipinski definition) is 3. The van der Waals surface area contributed by atoms with Gasteiger partial charge in [-0.15, -0.1) is 0 Å². The molecule has 2 aromatic carbocycles. The lowest BCUT2D eigenvalue weighted by molar-refractivity contribution is 0.539. The van der Waals surface area contributed by atoms with E-state index in [4.69, 9.17) is 10.8 Å². The van der Waals surface area contributed by atoms with Crippen molar-refractivity contribution in [2.45, 2.75) is 19.4 Å². The monoisotopic (exact) mass is 277 g/mol. The molecule has 0 aliphatic carbocycles. The number of hydrazine groups is 1. The van der Waals surface area contributed by atoms with Gasteiger partial charge in [-0.25, -0.2) is 0 Å². The molecule has 0 saturated carbocycles. The lowest BCUT2D eigenvalue weighted by Crippen LogP contribution is -2.30. The van der Waals surface area contributed by atoms with Crippen LogP contribution in [0, 0.1) is 6.92 Å². The van der Waals surface area contributed by atoms with Gasteiger partial charge in [-0.3, -0.25) is 16.3 Å². The van der Waals surface area contributed by atoms with Crippen molar-refractivity contribution in [2.75, 3.05) is 0 Å². The number of aryl methyl sites for hydroxylation is 1. The highest BCUT2D eigenvalue weighted by Gasteiger charge is 2.13. The van der Waals surface area contributed by atoms with E-state index in [0.717, 1.165) is 23.0 Å². The molecule has 0 saturated heterocycles. The summed E-state index contributed by atoms with van der Waals surface area (Å²) in [4.78, 5) is 4.73. The SMILES string of the molecule is Cc1ccccc1CC(NN)c1ccc2ccccc2n1. The van der Waals surface area contributed by atoms with E-state index in [2.05, 4.69) is 48.7 Å². The largest absolute Gasteiger partial charge is 0.271 e. The molecule has 1 unspecified atom stereocenters. The summed E-state index contributed by atoms with van der Waals surface area (Å²) >= 11 is 0. The van der Waals surface area contributed by atoms with Crippen molar-refractivity contribution in [2.24, 2.45) is 5.84 Å². The second-order valence-electron chi connectivity index (χ2n) is 5.28. The van der Waals surface area contributed by atoms with Gasteiger partial charge < -0.3 is 0 Å². The average molecular weight is 277 g/mol. The van der Waals surface area contributed by atoms with E-state index >= 15 is 0 Å². The number of nitrogens with two attached hydrogens (primary N) is 1. The average Bonchev–Trinajstić information content (AvgIpc) is 2.54. The maximum Gasteiger partial charge on any atom is 0.0706 e. The number of fused-ring (bicyclic) bond motifs is 1. The Morgan fingerprint density at radius 3 is 2.57 bits per heavy atom. The van der Waals surface area contributed by atoms with Crippen LogP contribution in [0.5, 0.6) is 0 Å². The first-order valence-electron chi connectivity index (χ1n) is 7.14. The predicted octanol–water partition coefficient (Wildman–Crippen LogP) is 3.29. The minimum Gasteiger partial charge on any atom is -0.271 e. The summed E-state index contributed by atoms with van der Waals surface area (Å²) in [6.07, 6.45) is 0.828. The molecule has 0 amide bonds.